The molecule has 3 nitrogen and oxygen atoms in total. The first-order valence-electron chi connectivity index (χ1n) is 5.26. The highest BCUT2D eigenvalue weighted by Crippen LogP contribution is 2.31. The first-order chi connectivity index (χ1) is 8.99. The minimum atomic E-state index is -0.693. The van der Waals surface area contributed by atoms with Crippen molar-refractivity contribution in [2.45, 2.75) is 0 Å². The lowest BCUT2D eigenvalue weighted by molar-refractivity contribution is 0.584. The van der Waals surface area contributed by atoms with Gasteiger partial charge >= 0.3 is 0 Å². The number of nitrogens with zero attached hydrogens (tertiary/aromatic N) is 1. The van der Waals surface area contributed by atoms with E-state index in [1.807, 2.05) is 0 Å². The SMILES string of the molecule is CNc1nc(Nc2cc(F)cc(F)c2)c(Cl)cc1Cl. The molecule has 2 aromatic rings. The Bertz CT molecular complexity index is 600. The van der Waals surface area contributed by atoms with Crippen LogP contribution in [0.2, 0.25) is 10.0 Å². The van der Waals surface area contributed by atoms with E-state index in [4.69, 9.17) is 23.2 Å². The Labute approximate surface area is 118 Å². The van der Waals surface area contributed by atoms with Gasteiger partial charge in [-0.2, -0.15) is 0 Å². The lowest BCUT2D eigenvalue weighted by Gasteiger charge is -2.11. The van der Waals surface area contributed by atoms with Crippen molar-refractivity contribution in [3.8, 4) is 0 Å². The molecule has 0 aliphatic rings. The van der Waals surface area contributed by atoms with Crippen LogP contribution >= 0.6 is 23.2 Å². The Morgan fingerprint density at radius 1 is 0.947 bits per heavy atom. The molecule has 0 spiro atoms. The van der Waals surface area contributed by atoms with Gasteiger partial charge in [0.25, 0.3) is 0 Å². The average Bonchev–Trinajstić information content (AvgIpc) is 2.31. The number of halogens is 4. The van der Waals surface area contributed by atoms with Gasteiger partial charge in [0, 0.05) is 18.8 Å². The van der Waals surface area contributed by atoms with Crippen molar-refractivity contribution >= 4 is 40.5 Å². The summed E-state index contributed by atoms with van der Waals surface area (Å²) in [4.78, 5) is 4.11. The van der Waals surface area contributed by atoms with Crippen LogP contribution in [0.15, 0.2) is 24.3 Å². The standard InChI is InChI=1S/C12H9Cl2F2N3/c1-17-11-9(13)5-10(14)12(19-11)18-8-3-6(15)2-7(16)4-8/h2-5H,1H3,(H2,17,18,19). The number of aromatic nitrogens is 1. The smallest absolute Gasteiger partial charge is 0.151 e. The van der Waals surface area contributed by atoms with E-state index in [1.165, 1.54) is 6.07 Å². The van der Waals surface area contributed by atoms with Gasteiger partial charge in [-0.05, 0) is 18.2 Å². The second-order valence-corrected chi connectivity index (χ2v) is 4.50. The minimum absolute atomic E-state index is 0.205. The number of pyridine rings is 1. The molecule has 2 rings (SSSR count). The highest BCUT2D eigenvalue weighted by molar-refractivity contribution is 6.37. The maximum Gasteiger partial charge on any atom is 0.151 e. The number of nitrogens with one attached hydrogen (secondary N) is 2. The van der Waals surface area contributed by atoms with E-state index in [2.05, 4.69) is 15.6 Å². The van der Waals surface area contributed by atoms with Gasteiger partial charge in [0.15, 0.2) is 5.82 Å². The molecule has 2 N–H and O–H groups in total. The maximum atomic E-state index is 13.1. The predicted molar refractivity (Wildman–Crippen MR) is 73.4 cm³/mol. The summed E-state index contributed by atoms with van der Waals surface area (Å²) in [7, 11) is 1.65. The van der Waals surface area contributed by atoms with Crippen LogP contribution in [-0.2, 0) is 0 Å². The van der Waals surface area contributed by atoms with Gasteiger partial charge in [0.2, 0.25) is 0 Å². The molecule has 0 unspecified atom stereocenters. The average molecular weight is 304 g/mol. The fourth-order valence-electron chi connectivity index (χ4n) is 1.49. The first kappa shape index (κ1) is 13.8. The number of rotatable bonds is 3. The van der Waals surface area contributed by atoms with Gasteiger partial charge < -0.3 is 10.6 Å². The minimum Gasteiger partial charge on any atom is -0.372 e. The fourth-order valence-corrected chi connectivity index (χ4v) is 1.99. The molecular formula is C12H9Cl2F2N3. The van der Waals surface area contributed by atoms with Crippen LogP contribution in [0.3, 0.4) is 0 Å². The molecule has 0 aliphatic carbocycles. The summed E-state index contributed by atoms with van der Waals surface area (Å²) in [5, 5.41) is 6.11. The van der Waals surface area contributed by atoms with Crippen molar-refractivity contribution in [3.63, 3.8) is 0 Å². The van der Waals surface area contributed by atoms with E-state index in [9.17, 15) is 8.78 Å². The van der Waals surface area contributed by atoms with Crippen molar-refractivity contribution in [3.05, 3.63) is 45.9 Å². The van der Waals surface area contributed by atoms with E-state index in [0.29, 0.717) is 10.8 Å². The molecule has 0 bridgehead atoms. The number of anilines is 3. The molecule has 1 heterocycles. The van der Waals surface area contributed by atoms with E-state index in [-0.39, 0.29) is 16.5 Å². The molecule has 19 heavy (non-hydrogen) atoms. The van der Waals surface area contributed by atoms with Crippen LogP contribution in [0.5, 0.6) is 0 Å². The van der Waals surface area contributed by atoms with Crippen molar-refractivity contribution in [1.29, 1.82) is 0 Å². The zero-order chi connectivity index (χ0) is 14.0. The molecule has 7 heteroatoms. The van der Waals surface area contributed by atoms with Crippen molar-refractivity contribution in [2.75, 3.05) is 17.7 Å². The Morgan fingerprint density at radius 3 is 2.11 bits per heavy atom. The van der Waals surface area contributed by atoms with Crippen LogP contribution in [0.4, 0.5) is 26.1 Å². The molecule has 0 radical (unpaired) electrons. The van der Waals surface area contributed by atoms with Crippen LogP contribution < -0.4 is 10.6 Å². The summed E-state index contributed by atoms with van der Waals surface area (Å²) < 4.78 is 26.1. The number of benzene rings is 1. The third kappa shape index (κ3) is 3.24. The molecule has 0 aliphatic heterocycles. The molecule has 0 fully saturated rings. The summed E-state index contributed by atoms with van der Waals surface area (Å²) in [5.41, 5.74) is 0.205. The highest BCUT2D eigenvalue weighted by Gasteiger charge is 2.09. The van der Waals surface area contributed by atoms with Gasteiger partial charge in [-0.25, -0.2) is 13.8 Å². The van der Waals surface area contributed by atoms with Crippen LogP contribution in [0, 0.1) is 11.6 Å². The Morgan fingerprint density at radius 2 is 1.53 bits per heavy atom. The molecular weight excluding hydrogens is 295 g/mol. The highest BCUT2D eigenvalue weighted by atomic mass is 35.5. The fraction of sp³-hybridized carbons (Fsp3) is 0.0833. The van der Waals surface area contributed by atoms with Gasteiger partial charge in [0.05, 0.1) is 10.0 Å². The second-order valence-electron chi connectivity index (χ2n) is 3.68. The van der Waals surface area contributed by atoms with E-state index in [1.54, 1.807) is 7.05 Å². The Balaban J connectivity index is 2.37. The largest absolute Gasteiger partial charge is 0.372 e. The number of hydrogen-bond acceptors (Lipinski definition) is 3. The topological polar surface area (TPSA) is 37.0 Å². The zero-order valence-electron chi connectivity index (χ0n) is 9.77. The molecule has 0 amide bonds. The maximum absolute atomic E-state index is 13.1. The summed E-state index contributed by atoms with van der Waals surface area (Å²) in [6.45, 7) is 0. The first-order valence-corrected chi connectivity index (χ1v) is 6.02. The molecule has 0 saturated carbocycles. The van der Waals surface area contributed by atoms with Gasteiger partial charge in [-0.3, -0.25) is 0 Å². The van der Waals surface area contributed by atoms with Crippen LogP contribution in [0.25, 0.3) is 0 Å². The zero-order valence-corrected chi connectivity index (χ0v) is 11.3. The monoisotopic (exact) mass is 303 g/mol. The molecule has 1 aromatic heterocycles. The summed E-state index contributed by atoms with van der Waals surface area (Å²) >= 11 is 11.9. The Kier molecular flexibility index (Phi) is 4.07. The lowest BCUT2D eigenvalue weighted by Crippen LogP contribution is -2.00. The summed E-state index contributed by atoms with van der Waals surface area (Å²) in [5.74, 6) is -0.728. The molecule has 100 valence electrons. The van der Waals surface area contributed by atoms with E-state index >= 15 is 0 Å². The normalized spacial score (nSPS) is 10.4. The van der Waals surface area contributed by atoms with Gasteiger partial charge in [-0.1, -0.05) is 23.2 Å². The second kappa shape index (κ2) is 5.59. The third-order valence-corrected chi connectivity index (χ3v) is 2.87. The molecule has 0 saturated heterocycles. The van der Waals surface area contributed by atoms with E-state index in [0.717, 1.165) is 18.2 Å². The Hall–Kier alpha value is -1.59. The van der Waals surface area contributed by atoms with Gasteiger partial charge in [0.1, 0.15) is 17.5 Å². The lowest BCUT2D eigenvalue weighted by atomic mass is 10.3. The molecule has 1 aromatic carbocycles. The third-order valence-electron chi connectivity index (χ3n) is 2.29. The quantitative estimate of drug-likeness (QED) is 0.879. The van der Waals surface area contributed by atoms with Crippen LogP contribution in [-0.4, -0.2) is 12.0 Å². The van der Waals surface area contributed by atoms with Gasteiger partial charge in [-0.15, -0.1) is 0 Å². The van der Waals surface area contributed by atoms with Crippen LogP contribution in [0.1, 0.15) is 0 Å². The van der Waals surface area contributed by atoms with Crippen molar-refractivity contribution in [2.24, 2.45) is 0 Å². The van der Waals surface area contributed by atoms with Crippen molar-refractivity contribution in [1.82, 2.24) is 4.98 Å². The predicted octanol–water partition coefficient (Wildman–Crippen LogP) is 4.45. The van der Waals surface area contributed by atoms with E-state index < -0.39 is 11.6 Å². The number of hydrogen-bond donors (Lipinski definition) is 2. The summed E-state index contributed by atoms with van der Waals surface area (Å²) in [6.07, 6.45) is 0. The summed E-state index contributed by atoms with van der Waals surface area (Å²) in [6, 6.07) is 4.53. The molecule has 0 atom stereocenters. The van der Waals surface area contributed by atoms with Crippen molar-refractivity contribution < 1.29 is 8.78 Å².